The van der Waals surface area contributed by atoms with E-state index in [4.69, 9.17) is 9.15 Å². The van der Waals surface area contributed by atoms with E-state index in [1.54, 1.807) is 36.4 Å². The largest absolute Gasteiger partial charge is 0.494 e. The summed E-state index contributed by atoms with van der Waals surface area (Å²) >= 11 is 0. The van der Waals surface area contributed by atoms with Crippen LogP contribution in [0.1, 0.15) is 25.0 Å². The van der Waals surface area contributed by atoms with E-state index in [1.165, 1.54) is 17.5 Å². The number of nitrogens with zero attached hydrogens (tertiary/aromatic N) is 3. The Balaban J connectivity index is 1.36. The van der Waals surface area contributed by atoms with E-state index < -0.39 is 11.9 Å². The van der Waals surface area contributed by atoms with E-state index in [1.807, 2.05) is 18.2 Å². The molecule has 0 aliphatic carbocycles. The van der Waals surface area contributed by atoms with E-state index in [9.17, 15) is 13.2 Å². The average Bonchev–Trinajstić information content (AvgIpc) is 3.55. The molecule has 33 heavy (non-hydrogen) atoms. The maximum absolute atomic E-state index is 13.4. The number of likely N-dealkylation sites (tertiary alicyclic amines) is 1. The van der Waals surface area contributed by atoms with E-state index in [0.29, 0.717) is 29.4 Å². The molecule has 5 rings (SSSR count). The van der Waals surface area contributed by atoms with Crippen molar-refractivity contribution in [2.75, 3.05) is 26.2 Å². The van der Waals surface area contributed by atoms with Gasteiger partial charge in [0.25, 0.3) is 0 Å². The molecule has 0 N–H and O–H groups in total. The van der Waals surface area contributed by atoms with Gasteiger partial charge in [-0.3, -0.25) is 0 Å². The smallest absolute Gasteiger partial charge is 0.435 e. The fourth-order valence-corrected chi connectivity index (χ4v) is 4.17. The fourth-order valence-electron chi connectivity index (χ4n) is 4.17. The van der Waals surface area contributed by atoms with Gasteiger partial charge in [-0.2, -0.15) is 18.3 Å². The summed E-state index contributed by atoms with van der Waals surface area (Å²) in [5.41, 5.74) is 0.356. The molecule has 1 aliphatic heterocycles. The minimum absolute atomic E-state index is 0.234. The normalized spacial score (nSPS) is 14.9. The molecule has 3 heterocycles. The zero-order valence-corrected chi connectivity index (χ0v) is 18.0. The Kier molecular flexibility index (Phi) is 5.85. The van der Waals surface area contributed by atoms with Crippen molar-refractivity contribution in [3.8, 4) is 22.9 Å². The number of hydrogen-bond acceptors (Lipinski definition) is 4. The van der Waals surface area contributed by atoms with Crippen LogP contribution in [0.15, 0.2) is 65.1 Å². The Morgan fingerprint density at radius 2 is 1.73 bits per heavy atom. The molecule has 1 saturated heterocycles. The highest BCUT2D eigenvalue weighted by Gasteiger charge is 2.35. The lowest BCUT2D eigenvalue weighted by Crippen LogP contribution is -2.21. The molecule has 0 amide bonds. The molecule has 4 aromatic rings. The van der Waals surface area contributed by atoms with Crippen LogP contribution in [-0.4, -0.2) is 40.9 Å². The van der Waals surface area contributed by atoms with Crippen LogP contribution in [0.4, 0.5) is 13.2 Å². The molecule has 0 spiro atoms. The molecule has 5 nitrogen and oxygen atoms in total. The van der Waals surface area contributed by atoms with Crippen molar-refractivity contribution in [3.63, 3.8) is 0 Å². The number of fused-ring (bicyclic) bond motifs is 1. The van der Waals surface area contributed by atoms with Gasteiger partial charge >= 0.3 is 6.18 Å². The Morgan fingerprint density at radius 1 is 0.970 bits per heavy atom. The van der Waals surface area contributed by atoms with Gasteiger partial charge < -0.3 is 14.1 Å². The molecular weight excluding hydrogens is 431 g/mol. The number of para-hydroxylation sites is 1. The maximum Gasteiger partial charge on any atom is 0.435 e. The van der Waals surface area contributed by atoms with Crippen molar-refractivity contribution in [1.29, 1.82) is 0 Å². The lowest BCUT2D eigenvalue weighted by Gasteiger charge is -2.14. The second kappa shape index (κ2) is 8.94. The number of aromatic nitrogens is 2. The predicted octanol–water partition coefficient (Wildman–Crippen LogP) is 6.17. The Morgan fingerprint density at radius 3 is 2.45 bits per heavy atom. The monoisotopic (exact) mass is 455 g/mol. The zero-order valence-electron chi connectivity index (χ0n) is 18.0. The van der Waals surface area contributed by atoms with Crippen LogP contribution in [-0.2, 0) is 6.18 Å². The molecule has 0 unspecified atom stereocenters. The molecule has 0 radical (unpaired) electrons. The third-order valence-corrected chi connectivity index (χ3v) is 5.85. The molecule has 2 aromatic heterocycles. The average molecular weight is 455 g/mol. The van der Waals surface area contributed by atoms with Crippen LogP contribution in [0.5, 0.6) is 5.75 Å². The predicted molar refractivity (Wildman–Crippen MR) is 120 cm³/mol. The third-order valence-electron chi connectivity index (χ3n) is 5.85. The summed E-state index contributed by atoms with van der Waals surface area (Å²) in [4.78, 5) is 2.43. The van der Waals surface area contributed by atoms with Crippen molar-refractivity contribution >= 4 is 11.0 Å². The van der Waals surface area contributed by atoms with E-state index in [0.717, 1.165) is 37.5 Å². The highest BCUT2D eigenvalue weighted by molar-refractivity contribution is 5.82. The first-order valence-corrected chi connectivity index (χ1v) is 11.1. The van der Waals surface area contributed by atoms with Crippen LogP contribution in [0.3, 0.4) is 0 Å². The van der Waals surface area contributed by atoms with E-state index in [-0.39, 0.29) is 5.69 Å². The molecule has 0 atom stereocenters. The first-order valence-electron chi connectivity index (χ1n) is 11.1. The van der Waals surface area contributed by atoms with Crippen molar-refractivity contribution in [1.82, 2.24) is 14.7 Å². The van der Waals surface area contributed by atoms with Gasteiger partial charge in [-0.25, -0.2) is 4.68 Å². The molecule has 172 valence electrons. The van der Waals surface area contributed by atoms with Gasteiger partial charge in [0.1, 0.15) is 17.0 Å². The van der Waals surface area contributed by atoms with Gasteiger partial charge in [0, 0.05) is 18.0 Å². The van der Waals surface area contributed by atoms with Crippen LogP contribution in [0.25, 0.3) is 28.1 Å². The molecule has 0 saturated carbocycles. The first-order chi connectivity index (χ1) is 16.0. The number of alkyl halides is 3. The molecule has 1 fully saturated rings. The molecule has 2 aromatic carbocycles. The van der Waals surface area contributed by atoms with Crippen molar-refractivity contribution in [2.24, 2.45) is 0 Å². The summed E-state index contributed by atoms with van der Waals surface area (Å²) in [6.45, 7) is 3.94. The molecule has 0 bridgehead atoms. The highest BCUT2D eigenvalue weighted by Crippen LogP contribution is 2.35. The number of hydrogen-bond donors (Lipinski definition) is 0. The minimum atomic E-state index is -4.57. The second-order valence-electron chi connectivity index (χ2n) is 8.22. The van der Waals surface area contributed by atoms with Crippen LogP contribution >= 0.6 is 0 Å². The lowest BCUT2D eigenvalue weighted by atomic mass is 10.2. The second-order valence-corrected chi connectivity index (χ2v) is 8.22. The van der Waals surface area contributed by atoms with Gasteiger partial charge in [0.15, 0.2) is 11.5 Å². The summed E-state index contributed by atoms with van der Waals surface area (Å²) in [5, 5.41) is 4.64. The van der Waals surface area contributed by atoms with Crippen molar-refractivity contribution < 1.29 is 22.3 Å². The maximum atomic E-state index is 13.4. The number of halogens is 3. The third kappa shape index (κ3) is 4.75. The van der Waals surface area contributed by atoms with Gasteiger partial charge in [-0.15, -0.1) is 0 Å². The Bertz CT molecular complexity index is 1190. The van der Waals surface area contributed by atoms with E-state index in [2.05, 4.69) is 10.00 Å². The van der Waals surface area contributed by atoms with Crippen LogP contribution < -0.4 is 4.74 Å². The van der Waals surface area contributed by atoms with Crippen molar-refractivity contribution in [2.45, 2.75) is 25.4 Å². The standard InChI is InChI=1S/C25H24F3N3O2/c26-25(27,28)24-17-21(23-16-18-6-1-2-7-22(18)33-23)31(29-24)19-8-10-20(11-9-19)32-15-5-14-30-12-3-4-13-30/h1-2,6-11,16-17H,3-5,12-15H2. The topological polar surface area (TPSA) is 43.4 Å². The van der Waals surface area contributed by atoms with Gasteiger partial charge in [-0.05, 0) is 68.8 Å². The minimum Gasteiger partial charge on any atom is -0.494 e. The summed E-state index contributed by atoms with van der Waals surface area (Å²) < 4.78 is 53.2. The first kappa shape index (κ1) is 21.6. The van der Waals surface area contributed by atoms with Gasteiger partial charge in [0.05, 0.1) is 12.3 Å². The quantitative estimate of drug-likeness (QED) is 0.313. The Labute approximate surface area is 189 Å². The van der Waals surface area contributed by atoms with Crippen molar-refractivity contribution in [3.05, 3.63) is 66.4 Å². The summed E-state index contributed by atoms with van der Waals surface area (Å²) in [6.07, 6.45) is -1.10. The number of furan rings is 1. The lowest BCUT2D eigenvalue weighted by molar-refractivity contribution is -0.141. The van der Waals surface area contributed by atoms with Gasteiger partial charge in [0.2, 0.25) is 0 Å². The SMILES string of the molecule is FC(F)(F)c1cc(-c2cc3ccccc3o2)n(-c2ccc(OCCCN3CCCC3)cc2)n1. The number of ether oxygens (including phenoxy) is 1. The summed E-state index contributed by atoms with van der Waals surface area (Å²) in [5.74, 6) is 0.995. The van der Waals surface area contributed by atoms with Gasteiger partial charge in [-0.1, -0.05) is 18.2 Å². The molecule has 8 heteroatoms. The van der Waals surface area contributed by atoms with E-state index >= 15 is 0 Å². The molecular formula is C25H24F3N3O2. The number of rotatable bonds is 7. The fraction of sp³-hybridized carbons (Fsp3) is 0.320. The number of benzene rings is 2. The highest BCUT2D eigenvalue weighted by atomic mass is 19.4. The molecule has 1 aliphatic rings. The summed E-state index contributed by atoms with van der Waals surface area (Å²) in [7, 11) is 0. The Hall–Kier alpha value is -3.26. The van der Waals surface area contributed by atoms with Crippen LogP contribution in [0, 0.1) is 0 Å². The van der Waals surface area contributed by atoms with Crippen LogP contribution in [0.2, 0.25) is 0 Å². The zero-order chi connectivity index (χ0) is 22.8. The summed E-state index contributed by atoms with van der Waals surface area (Å²) in [6, 6.07) is 16.9.